The van der Waals surface area contributed by atoms with Crippen LogP contribution in [0.3, 0.4) is 0 Å². The number of pyridine rings is 1. The molecule has 0 spiro atoms. The van der Waals surface area contributed by atoms with Gasteiger partial charge < -0.3 is 14.0 Å². The van der Waals surface area contributed by atoms with Gasteiger partial charge in [0.1, 0.15) is 12.4 Å². The maximum absolute atomic E-state index is 5.87. The first kappa shape index (κ1) is 16.9. The van der Waals surface area contributed by atoms with Crippen molar-refractivity contribution in [3.05, 3.63) is 36.2 Å². The van der Waals surface area contributed by atoms with E-state index in [4.69, 9.17) is 14.0 Å². The Morgan fingerprint density at radius 2 is 2.29 bits per heavy atom. The lowest BCUT2D eigenvalue weighted by molar-refractivity contribution is 0.106. The monoisotopic (exact) mass is 332 g/mol. The summed E-state index contributed by atoms with van der Waals surface area (Å²) in [6.07, 6.45) is 4.58. The average Bonchev–Trinajstić information content (AvgIpc) is 3.21. The summed E-state index contributed by atoms with van der Waals surface area (Å²) in [4.78, 5) is 10.8. The highest BCUT2D eigenvalue weighted by atomic mass is 16.5. The highest BCUT2D eigenvalue weighted by molar-refractivity contribution is 5.15. The van der Waals surface area contributed by atoms with E-state index in [9.17, 15) is 0 Å². The minimum absolute atomic E-state index is 0.198. The Bertz CT molecular complexity index is 632. The Hall–Kier alpha value is -1.99. The molecule has 1 aliphatic heterocycles. The molecule has 3 heterocycles. The van der Waals surface area contributed by atoms with Crippen LogP contribution in [0, 0.1) is 0 Å². The zero-order valence-electron chi connectivity index (χ0n) is 14.4. The number of rotatable bonds is 7. The predicted octanol–water partition coefficient (Wildman–Crippen LogP) is 2.26. The molecule has 2 aromatic heterocycles. The Morgan fingerprint density at radius 1 is 1.42 bits per heavy atom. The summed E-state index contributed by atoms with van der Waals surface area (Å²) in [6.45, 7) is 6.14. The maximum atomic E-state index is 5.87. The first-order valence-corrected chi connectivity index (χ1v) is 8.28. The van der Waals surface area contributed by atoms with Crippen LogP contribution >= 0.6 is 0 Å². The van der Waals surface area contributed by atoms with Crippen molar-refractivity contribution >= 4 is 0 Å². The Balaban J connectivity index is 1.62. The molecule has 2 aromatic rings. The van der Waals surface area contributed by atoms with E-state index in [1.165, 1.54) is 0 Å². The van der Waals surface area contributed by atoms with E-state index in [0.29, 0.717) is 24.9 Å². The molecule has 0 aromatic carbocycles. The number of ether oxygens (including phenoxy) is 2. The second-order valence-corrected chi connectivity index (χ2v) is 6.38. The molecule has 0 radical (unpaired) electrons. The van der Waals surface area contributed by atoms with Crippen LogP contribution in [-0.2, 0) is 11.3 Å². The summed E-state index contributed by atoms with van der Waals surface area (Å²) in [5.41, 5.74) is 0. The summed E-state index contributed by atoms with van der Waals surface area (Å²) in [5, 5.41) is 4.09. The van der Waals surface area contributed by atoms with E-state index in [2.05, 4.69) is 20.0 Å². The fourth-order valence-corrected chi connectivity index (χ4v) is 2.85. The topological polar surface area (TPSA) is 73.5 Å². The summed E-state index contributed by atoms with van der Waals surface area (Å²) >= 11 is 0. The lowest BCUT2D eigenvalue weighted by Crippen LogP contribution is -2.34. The standard InChI is InChI=1S/C17H24N4O3/c1-12(2)17-19-16(20-24-17)10-21-9-15(22-3)7-13(21)11-23-14-5-4-6-18-8-14/h4-6,8,12-13,15H,7,9-11H2,1-3H3/t13-,15+/m0/s1. The zero-order chi connectivity index (χ0) is 16.9. The minimum Gasteiger partial charge on any atom is -0.490 e. The molecule has 7 heteroatoms. The van der Waals surface area contributed by atoms with Crippen LogP contribution in [0.2, 0.25) is 0 Å². The normalized spacial score (nSPS) is 21.5. The van der Waals surface area contributed by atoms with Gasteiger partial charge in [-0.3, -0.25) is 9.88 Å². The third-order valence-corrected chi connectivity index (χ3v) is 4.22. The van der Waals surface area contributed by atoms with Crippen molar-refractivity contribution in [3.8, 4) is 5.75 Å². The first-order chi connectivity index (χ1) is 11.7. The van der Waals surface area contributed by atoms with Gasteiger partial charge in [0.2, 0.25) is 5.89 Å². The molecule has 2 atom stereocenters. The van der Waals surface area contributed by atoms with Gasteiger partial charge in [-0.2, -0.15) is 4.98 Å². The van der Waals surface area contributed by atoms with Gasteiger partial charge in [0, 0.05) is 31.8 Å². The number of hydrogen-bond acceptors (Lipinski definition) is 7. The molecule has 3 rings (SSSR count). The molecule has 0 amide bonds. The molecule has 0 bridgehead atoms. The first-order valence-electron chi connectivity index (χ1n) is 8.28. The van der Waals surface area contributed by atoms with E-state index in [1.807, 2.05) is 26.0 Å². The number of likely N-dealkylation sites (tertiary alicyclic amines) is 1. The molecule has 1 saturated heterocycles. The summed E-state index contributed by atoms with van der Waals surface area (Å²) < 4.78 is 16.7. The minimum atomic E-state index is 0.198. The molecule has 24 heavy (non-hydrogen) atoms. The Kier molecular flexibility index (Phi) is 5.42. The van der Waals surface area contributed by atoms with E-state index < -0.39 is 0 Å². The van der Waals surface area contributed by atoms with E-state index >= 15 is 0 Å². The Morgan fingerprint density at radius 3 is 2.96 bits per heavy atom. The summed E-state index contributed by atoms with van der Waals surface area (Å²) in [7, 11) is 1.75. The second kappa shape index (κ2) is 7.72. The lowest BCUT2D eigenvalue weighted by Gasteiger charge is -2.22. The average molecular weight is 332 g/mol. The van der Waals surface area contributed by atoms with Crippen LogP contribution in [0.4, 0.5) is 0 Å². The van der Waals surface area contributed by atoms with Gasteiger partial charge in [0.05, 0.1) is 18.8 Å². The van der Waals surface area contributed by atoms with Crippen molar-refractivity contribution in [1.82, 2.24) is 20.0 Å². The number of nitrogens with zero attached hydrogens (tertiary/aromatic N) is 4. The third kappa shape index (κ3) is 4.10. The van der Waals surface area contributed by atoms with Crippen molar-refractivity contribution < 1.29 is 14.0 Å². The number of methoxy groups -OCH3 is 1. The molecule has 0 N–H and O–H groups in total. The predicted molar refractivity (Wildman–Crippen MR) is 87.7 cm³/mol. The van der Waals surface area contributed by atoms with Crippen LogP contribution in [0.5, 0.6) is 5.75 Å². The van der Waals surface area contributed by atoms with Gasteiger partial charge in [-0.25, -0.2) is 0 Å². The maximum Gasteiger partial charge on any atom is 0.229 e. The molecule has 1 fully saturated rings. The summed E-state index contributed by atoms with van der Waals surface area (Å²) in [5.74, 6) is 2.40. The molecule has 1 aliphatic rings. The molecule has 0 unspecified atom stereocenters. The van der Waals surface area contributed by atoms with Crippen LogP contribution in [0.25, 0.3) is 0 Å². The van der Waals surface area contributed by atoms with Crippen LogP contribution < -0.4 is 4.74 Å². The molecule has 7 nitrogen and oxygen atoms in total. The fourth-order valence-electron chi connectivity index (χ4n) is 2.85. The third-order valence-electron chi connectivity index (χ3n) is 4.22. The van der Waals surface area contributed by atoms with Gasteiger partial charge in [-0.05, 0) is 18.6 Å². The largest absolute Gasteiger partial charge is 0.490 e. The van der Waals surface area contributed by atoms with Crippen molar-refractivity contribution in [2.75, 3.05) is 20.3 Å². The van der Waals surface area contributed by atoms with Crippen LogP contribution in [0.15, 0.2) is 29.0 Å². The van der Waals surface area contributed by atoms with E-state index in [1.54, 1.807) is 19.5 Å². The highest BCUT2D eigenvalue weighted by Crippen LogP contribution is 2.23. The van der Waals surface area contributed by atoms with Gasteiger partial charge >= 0.3 is 0 Å². The van der Waals surface area contributed by atoms with E-state index in [-0.39, 0.29) is 18.1 Å². The van der Waals surface area contributed by atoms with Gasteiger partial charge in [-0.15, -0.1) is 0 Å². The second-order valence-electron chi connectivity index (χ2n) is 6.38. The Labute approximate surface area is 142 Å². The number of aromatic nitrogens is 3. The fraction of sp³-hybridized carbons (Fsp3) is 0.588. The molecule has 0 aliphatic carbocycles. The van der Waals surface area contributed by atoms with Gasteiger partial charge in [-0.1, -0.05) is 19.0 Å². The SMILES string of the molecule is CO[C@@H]1C[C@@H](COc2cccnc2)N(Cc2noc(C(C)C)n2)C1. The van der Waals surface area contributed by atoms with Crippen LogP contribution in [0.1, 0.15) is 37.9 Å². The molecule has 130 valence electrons. The quantitative estimate of drug-likeness (QED) is 0.770. The van der Waals surface area contributed by atoms with E-state index in [0.717, 1.165) is 18.7 Å². The van der Waals surface area contributed by atoms with Crippen molar-refractivity contribution in [2.45, 2.75) is 44.9 Å². The van der Waals surface area contributed by atoms with Gasteiger partial charge in [0.15, 0.2) is 5.82 Å². The zero-order valence-corrected chi connectivity index (χ0v) is 14.4. The smallest absolute Gasteiger partial charge is 0.229 e. The highest BCUT2D eigenvalue weighted by Gasteiger charge is 2.33. The number of hydrogen-bond donors (Lipinski definition) is 0. The van der Waals surface area contributed by atoms with Gasteiger partial charge in [0.25, 0.3) is 0 Å². The molecular formula is C17H24N4O3. The lowest BCUT2D eigenvalue weighted by atomic mass is 10.2. The van der Waals surface area contributed by atoms with Crippen molar-refractivity contribution in [3.63, 3.8) is 0 Å². The summed E-state index contributed by atoms with van der Waals surface area (Å²) in [6, 6.07) is 4.02. The van der Waals surface area contributed by atoms with Crippen LogP contribution in [-0.4, -0.2) is 52.4 Å². The molecular weight excluding hydrogens is 308 g/mol. The van der Waals surface area contributed by atoms with Crippen molar-refractivity contribution in [2.24, 2.45) is 0 Å². The van der Waals surface area contributed by atoms with Crippen molar-refractivity contribution in [1.29, 1.82) is 0 Å². The molecule has 0 saturated carbocycles.